The lowest BCUT2D eigenvalue weighted by Crippen LogP contribution is -2.42. The van der Waals surface area contributed by atoms with Gasteiger partial charge in [-0.05, 0) is 31.0 Å². The Hall–Kier alpha value is -1.10. The monoisotopic (exact) mass is 298 g/mol. The Kier molecular flexibility index (Phi) is 7.59. The summed E-state index contributed by atoms with van der Waals surface area (Å²) in [4.78, 5) is 14.1. The molecule has 0 aliphatic carbocycles. The molecule has 0 aliphatic rings. The summed E-state index contributed by atoms with van der Waals surface area (Å²) in [5.41, 5.74) is 0.691. The standard InChI is InChI=1S/C15H23ClN2O2/c1-3-14(4-2)18(8-9-19)11-15(20)17-13-7-5-6-12(16)10-13/h5-7,10,14,19H,3-4,8-9,11H2,1-2H3,(H,17,20). The van der Waals surface area contributed by atoms with Crippen molar-refractivity contribution in [3.8, 4) is 0 Å². The van der Waals surface area contributed by atoms with Crippen LogP contribution in [-0.2, 0) is 4.79 Å². The molecule has 4 nitrogen and oxygen atoms in total. The Bertz CT molecular complexity index is 422. The van der Waals surface area contributed by atoms with Crippen LogP contribution in [0.25, 0.3) is 0 Å². The number of aliphatic hydroxyl groups excluding tert-OH is 1. The molecule has 5 heteroatoms. The zero-order valence-electron chi connectivity index (χ0n) is 12.1. The minimum atomic E-state index is -0.0902. The molecule has 0 spiro atoms. The molecular formula is C15H23ClN2O2. The third-order valence-electron chi connectivity index (χ3n) is 3.30. The van der Waals surface area contributed by atoms with Crippen LogP contribution >= 0.6 is 11.6 Å². The molecule has 0 saturated heterocycles. The molecule has 1 amide bonds. The van der Waals surface area contributed by atoms with Crippen molar-refractivity contribution < 1.29 is 9.90 Å². The van der Waals surface area contributed by atoms with Crippen LogP contribution in [-0.4, -0.2) is 41.7 Å². The highest BCUT2D eigenvalue weighted by atomic mass is 35.5. The number of hydrogen-bond acceptors (Lipinski definition) is 3. The predicted octanol–water partition coefficient (Wildman–Crippen LogP) is 2.76. The summed E-state index contributed by atoms with van der Waals surface area (Å²) in [5.74, 6) is -0.0902. The maximum atomic E-state index is 12.1. The van der Waals surface area contributed by atoms with Gasteiger partial charge < -0.3 is 10.4 Å². The molecule has 112 valence electrons. The van der Waals surface area contributed by atoms with Crippen LogP contribution in [0.2, 0.25) is 5.02 Å². The van der Waals surface area contributed by atoms with E-state index in [1.165, 1.54) is 0 Å². The zero-order chi connectivity index (χ0) is 15.0. The van der Waals surface area contributed by atoms with E-state index < -0.39 is 0 Å². The first-order valence-corrected chi connectivity index (χ1v) is 7.38. The predicted molar refractivity (Wildman–Crippen MR) is 83.1 cm³/mol. The average molecular weight is 299 g/mol. The fourth-order valence-electron chi connectivity index (χ4n) is 2.28. The normalized spacial score (nSPS) is 11.1. The molecule has 0 aromatic heterocycles. The fourth-order valence-corrected chi connectivity index (χ4v) is 2.47. The highest BCUT2D eigenvalue weighted by molar-refractivity contribution is 6.30. The van der Waals surface area contributed by atoms with Crippen LogP contribution in [0.3, 0.4) is 0 Å². The summed E-state index contributed by atoms with van der Waals surface area (Å²) < 4.78 is 0. The quantitative estimate of drug-likeness (QED) is 0.776. The van der Waals surface area contributed by atoms with Gasteiger partial charge in [0.15, 0.2) is 0 Å². The lowest BCUT2D eigenvalue weighted by atomic mass is 10.1. The number of aliphatic hydroxyl groups is 1. The van der Waals surface area contributed by atoms with Crippen molar-refractivity contribution >= 4 is 23.2 Å². The second-order valence-corrected chi connectivity index (χ2v) is 5.16. The second-order valence-electron chi connectivity index (χ2n) is 4.72. The Labute approximate surface area is 125 Å². The van der Waals surface area contributed by atoms with E-state index in [9.17, 15) is 4.79 Å². The van der Waals surface area contributed by atoms with E-state index in [-0.39, 0.29) is 19.1 Å². The number of nitrogens with zero attached hydrogens (tertiary/aromatic N) is 1. The van der Waals surface area contributed by atoms with Gasteiger partial charge in [-0.15, -0.1) is 0 Å². The van der Waals surface area contributed by atoms with E-state index in [4.69, 9.17) is 16.7 Å². The van der Waals surface area contributed by atoms with Crippen molar-refractivity contribution in [2.45, 2.75) is 32.7 Å². The van der Waals surface area contributed by atoms with Gasteiger partial charge in [0.25, 0.3) is 0 Å². The molecule has 0 radical (unpaired) electrons. The average Bonchev–Trinajstić information content (AvgIpc) is 2.40. The van der Waals surface area contributed by atoms with E-state index in [1.54, 1.807) is 24.3 Å². The Balaban J connectivity index is 2.61. The van der Waals surface area contributed by atoms with Crippen LogP contribution in [0, 0.1) is 0 Å². The molecule has 0 bridgehead atoms. The number of carbonyl (C=O) groups excluding carboxylic acids is 1. The second kappa shape index (κ2) is 8.95. The molecule has 1 aromatic carbocycles. The molecule has 1 rings (SSSR count). The molecular weight excluding hydrogens is 276 g/mol. The third-order valence-corrected chi connectivity index (χ3v) is 3.54. The molecule has 0 fully saturated rings. The van der Waals surface area contributed by atoms with Gasteiger partial charge in [0.05, 0.1) is 13.2 Å². The molecule has 0 unspecified atom stereocenters. The largest absolute Gasteiger partial charge is 0.395 e. The summed E-state index contributed by atoms with van der Waals surface area (Å²) in [5, 5.41) is 12.5. The zero-order valence-corrected chi connectivity index (χ0v) is 12.9. The first kappa shape index (κ1) is 17.0. The first-order chi connectivity index (χ1) is 9.60. The third kappa shape index (κ3) is 5.49. The minimum absolute atomic E-state index is 0.0565. The van der Waals surface area contributed by atoms with E-state index in [0.29, 0.717) is 23.3 Å². The minimum Gasteiger partial charge on any atom is -0.395 e. The van der Waals surface area contributed by atoms with Crippen LogP contribution < -0.4 is 5.32 Å². The van der Waals surface area contributed by atoms with Gasteiger partial charge in [-0.1, -0.05) is 31.5 Å². The van der Waals surface area contributed by atoms with E-state index in [2.05, 4.69) is 19.2 Å². The summed E-state index contributed by atoms with van der Waals surface area (Å²) in [6.07, 6.45) is 1.92. The topological polar surface area (TPSA) is 52.6 Å². The van der Waals surface area contributed by atoms with Gasteiger partial charge >= 0.3 is 0 Å². The lowest BCUT2D eigenvalue weighted by Gasteiger charge is -2.29. The highest BCUT2D eigenvalue weighted by Gasteiger charge is 2.17. The van der Waals surface area contributed by atoms with Crippen molar-refractivity contribution in [3.63, 3.8) is 0 Å². The lowest BCUT2D eigenvalue weighted by molar-refractivity contribution is -0.118. The van der Waals surface area contributed by atoms with Gasteiger partial charge in [0.1, 0.15) is 0 Å². The van der Waals surface area contributed by atoms with Crippen molar-refractivity contribution in [1.29, 1.82) is 0 Å². The molecule has 1 aromatic rings. The number of benzene rings is 1. The smallest absolute Gasteiger partial charge is 0.238 e. The van der Waals surface area contributed by atoms with Crippen molar-refractivity contribution in [3.05, 3.63) is 29.3 Å². The van der Waals surface area contributed by atoms with Crippen molar-refractivity contribution in [2.75, 3.05) is 25.0 Å². The van der Waals surface area contributed by atoms with E-state index in [1.807, 2.05) is 4.90 Å². The summed E-state index contributed by atoms with van der Waals surface area (Å²) >= 11 is 5.88. The first-order valence-electron chi connectivity index (χ1n) is 7.01. The van der Waals surface area contributed by atoms with Crippen LogP contribution in [0.1, 0.15) is 26.7 Å². The Morgan fingerprint density at radius 3 is 2.65 bits per heavy atom. The van der Waals surface area contributed by atoms with Crippen molar-refractivity contribution in [1.82, 2.24) is 4.90 Å². The van der Waals surface area contributed by atoms with Gasteiger partial charge in [0.2, 0.25) is 5.91 Å². The van der Waals surface area contributed by atoms with Gasteiger partial charge in [-0.2, -0.15) is 0 Å². The SMILES string of the molecule is CCC(CC)N(CCO)CC(=O)Nc1cccc(Cl)c1. The molecule has 0 aliphatic heterocycles. The van der Waals surface area contributed by atoms with E-state index >= 15 is 0 Å². The molecule has 2 N–H and O–H groups in total. The van der Waals surface area contributed by atoms with Gasteiger partial charge in [-0.3, -0.25) is 9.69 Å². The molecule has 20 heavy (non-hydrogen) atoms. The summed E-state index contributed by atoms with van der Waals surface area (Å²) in [6.45, 7) is 5.02. The number of hydrogen-bond donors (Lipinski definition) is 2. The number of rotatable bonds is 8. The molecule has 0 atom stereocenters. The summed E-state index contributed by atoms with van der Waals surface area (Å²) in [7, 11) is 0. The maximum absolute atomic E-state index is 12.1. The highest BCUT2D eigenvalue weighted by Crippen LogP contribution is 2.15. The van der Waals surface area contributed by atoms with Crippen LogP contribution in [0.15, 0.2) is 24.3 Å². The fraction of sp³-hybridized carbons (Fsp3) is 0.533. The molecule has 0 saturated carbocycles. The Morgan fingerprint density at radius 1 is 1.40 bits per heavy atom. The summed E-state index contributed by atoms with van der Waals surface area (Å²) in [6, 6.07) is 7.39. The number of amides is 1. The number of nitrogens with one attached hydrogen (secondary N) is 1. The number of carbonyl (C=O) groups is 1. The van der Waals surface area contributed by atoms with Crippen LogP contribution in [0.5, 0.6) is 0 Å². The molecule has 0 heterocycles. The van der Waals surface area contributed by atoms with Crippen molar-refractivity contribution in [2.24, 2.45) is 0 Å². The maximum Gasteiger partial charge on any atom is 0.238 e. The van der Waals surface area contributed by atoms with E-state index in [0.717, 1.165) is 12.8 Å². The number of anilines is 1. The Morgan fingerprint density at radius 2 is 2.10 bits per heavy atom. The number of halogens is 1. The van der Waals surface area contributed by atoms with Gasteiger partial charge in [0, 0.05) is 23.3 Å². The van der Waals surface area contributed by atoms with Crippen LogP contribution in [0.4, 0.5) is 5.69 Å². The van der Waals surface area contributed by atoms with Gasteiger partial charge in [-0.25, -0.2) is 0 Å².